The molecule has 1 heteroatoms. The average molecular weight is 284 g/mol. The monoisotopic (exact) mass is 284 g/mol. The van der Waals surface area contributed by atoms with E-state index in [0.717, 1.165) is 16.7 Å². The molecule has 106 valence electrons. The fourth-order valence-electron chi connectivity index (χ4n) is 3.16. The smallest absolute Gasteiger partial charge is 0.127 e. The van der Waals surface area contributed by atoms with Crippen LogP contribution in [-0.4, -0.2) is 5.11 Å². The quantitative estimate of drug-likeness (QED) is 0.768. The minimum absolute atomic E-state index is 0.104. The van der Waals surface area contributed by atoms with Gasteiger partial charge in [0.25, 0.3) is 0 Å². The van der Waals surface area contributed by atoms with Crippen molar-refractivity contribution in [1.29, 1.82) is 0 Å². The Balaban J connectivity index is 2.01. The first-order valence-corrected chi connectivity index (χ1v) is 7.49. The minimum Gasteiger partial charge on any atom is -0.507 e. The summed E-state index contributed by atoms with van der Waals surface area (Å²) >= 11 is 0. The predicted octanol–water partition coefficient (Wildman–Crippen LogP) is 5.14. The van der Waals surface area contributed by atoms with E-state index in [4.69, 9.17) is 0 Å². The van der Waals surface area contributed by atoms with Gasteiger partial charge in [-0.05, 0) is 16.7 Å². The number of hydrogen-bond acceptors (Lipinski definition) is 1. The number of allylic oxidation sites excluding steroid dienone is 6. The normalized spacial score (nSPS) is 19.3. The summed E-state index contributed by atoms with van der Waals surface area (Å²) < 4.78 is 0. The fourth-order valence-corrected chi connectivity index (χ4v) is 3.16. The fraction of sp³-hybridized carbons (Fsp3) is 0.0476. The van der Waals surface area contributed by atoms with E-state index >= 15 is 0 Å². The van der Waals surface area contributed by atoms with Gasteiger partial charge in [0, 0.05) is 17.1 Å². The molecule has 0 aliphatic heterocycles. The van der Waals surface area contributed by atoms with Gasteiger partial charge >= 0.3 is 0 Å². The van der Waals surface area contributed by atoms with Crippen LogP contribution in [0.5, 0.6) is 0 Å². The second-order valence-corrected chi connectivity index (χ2v) is 5.57. The molecule has 1 N–H and O–H groups in total. The summed E-state index contributed by atoms with van der Waals surface area (Å²) in [6.07, 6.45) is 10.4. The van der Waals surface area contributed by atoms with Crippen LogP contribution < -0.4 is 0 Å². The molecule has 2 aliphatic rings. The van der Waals surface area contributed by atoms with E-state index in [1.165, 1.54) is 11.1 Å². The maximum Gasteiger partial charge on any atom is 0.127 e. The molecule has 0 bridgehead atoms. The van der Waals surface area contributed by atoms with Gasteiger partial charge < -0.3 is 5.11 Å². The van der Waals surface area contributed by atoms with E-state index in [1.54, 1.807) is 0 Å². The van der Waals surface area contributed by atoms with Crippen LogP contribution in [0.3, 0.4) is 0 Å². The van der Waals surface area contributed by atoms with Gasteiger partial charge in [0.05, 0.1) is 0 Å². The van der Waals surface area contributed by atoms with Gasteiger partial charge in [0.15, 0.2) is 0 Å². The molecule has 0 heterocycles. The Morgan fingerprint density at radius 3 is 2.32 bits per heavy atom. The molecule has 0 radical (unpaired) electrons. The van der Waals surface area contributed by atoms with Gasteiger partial charge in [-0.1, -0.05) is 85.0 Å². The third-order valence-electron chi connectivity index (χ3n) is 4.24. The summed E-state index contributed by atoms with van der Waals surface area (Å²) in [5.74, 6) is 0.482. The van der Waals surface area contributed by atoms with Crippen LogP contribution in [0.4, 0.5) is 0 Å². The van der Waals surface area contributed by atoms with Gasteiger partial charge in [0.1, 0.15) is 5.76 Å². The lowest BCUT2D eigenvalue weighted by atomic mass is 9.91. The van der Waals surface area contributed by atoms with Crippen molar-refractivity contribution in [3.8, 4) is 0 Å². The van der Waals surface area contributed by atoms with Crippen molar-refractivity contribution in [1.82, 2.24) is 0 Å². The number of rotatable bonds is 1. The first kappa shape index (κ1) is 12.9. The van der Waals surface area contributed by atoms with E-state index in [2.05, 4.69) is 42.5 Å². The third kappa shape index (κ3) is 2.03. The molecule has 1 nitrogen and oxygen atoms in total. The average Bonchev–Trinajstić information content (AvgIpc) is 2.72. The predicted molar refractivity (Wildman–Crippen MR) is 91.3 cm³/mol. The molecule has 0 fully saturated rings. The van der Waals surface area contributed by atoms with Crippen LogP contribution in [0.2, 0.25) is 0 Å². The Kier molecular flexibility index (Phi) is 3.05. The van der Waals surface area contributed by atoms with Crippen LogP contribution in [0.1, 0.15) is 16.7 Å². The van der Waals surface area contributed by atoms with E-state index in [9.17, 15) is 5.11 Å². The summed E-state index contributed by atoms with van der Waals surface area (Å²) in [5.41, 5.74) is 5.28. The summed E-state index contributed by atoms with van der Waals surface area (Å²) in [6.45, 7) is 0. The summed E-state index contributed by atoms with van der Waals surface area (Å²) in [4.78, 5) is 0. The molecule has 0 saturated heterocycles. The third-order valence-corrected chi connectivity index (χ3v) is 4.24. The molecule has 0 saturated carbocycles. The largest absolute Gasteiger partial charge is 0.507 e. The maximum atomic E-state index is 10.8. The minimum atomic E-state index is 0.104. The first-order valence-electron chi connectivity index (χ1n) is 7.49. The molecular weight excluding hydrogens is 268 g/mol. The summed E-state index contributed by atoms with van der Waals surface area (Å²) in [5, 5.41) is 10.8. The molecule has 22 heavy (non-hydrogen) atoms. The Morgan fingerprint density at radius 2 is 1.50 bits per heavy atom. The van der Waals surface area contributed by atoms with E-state index in [1.807, 2.05) is 42.5 Å². The van der Waals surface area contributed by atoms with Crippen molar-refractivity contribution < 1.29 is 5.11 Å². The Labute approximate surface area is 130 Å². The summed E-state index contributed by atoms with van der Waals surface area (Å²) in [7, 11) is 0. The Morgan fingerprint density at radius 1 is 0.773 bits per heavy atom. The number of aliphatic hydroxyl groups is 1. The van der Waals surface area contributed by atoms with Crippen molar-refractivity contribution in [2.45, 2.75) is 0 Å². The molecule has 0 spiro atoms. The summed E-state index contributed by atoms with van der Waals surface area (Å²) in [6, 6.07) is 18.4. The van der Waals surface area contributed by atoms with E-state index in [0.29, 0.717) is 5.76 Å². The molecule has 2 aliphatic carbocycles. The lowest BCUT2D eigenvalue weighted by Crippen LogP contribution is -2.00. The molecule has 1 atom stereocenters. The van der Waals surface area contributed by atoms with Crippen LogP contribution in [0.25, 0.3) is 11.3 Å². The topological polar surface area (TPSA) is 20.2 Å². The molecule has 2 aromatic carbocycles. The van der Waals surface area contributed by atoms with Crippen molar-refractivity contribution in [2.75, 3.05) is 0 Å². The highest BCUT2D eigenvalue weighted by molar-refractivity contribution is 5.89. The Hall–Kier alpha value is -2.80. The van der Waals surface area contributed by atoms with Gasteiger partial charge in [-0.2, -0.15) is 0 Å². The molecular formula is C21H16O. The molecule has 0 amide bonds. The maximum absolute atomic E-state index is 10.8. The van der Waals surface area contributed by atoms with Gasteiger partial charge in [0.2, 0.25) is 0 Å². The highest BCUT2D eigenvalue weighted by Crippen LogP contribution is 2.39. The van der Waals surface area contributed by atoms with Crippen LogP contribution in [0.15, 0.2) is 90.6 Å². The van der Waals surface area contributed by atoms with Gasteiger partial charge in [-0.15, -0.1) is 0 Å². The number of hydrogen-bond donors (Lipinski definition) is 1. The first-order chi connectivity index (χ1) is 10.8. The van der Waals surface area contributed by atoms with Crippen LogP contribution in [0, 0.1) is 5.92 Å². The van der Waals surface area contributed by atoms with E-state index in [-0.39, 0.29) is 5.92 Å². The Bertz CT molecular complexity index is 835. The number of benzene rings is 2. The van der Waals surface area contributed by atoms with Crippen LogP contribution >= 0.6 is 0 Å². The molecule has 0 aromatic heterocycles. The zero-order valence-electron chi connectivity index (χ0n) is 12.1. The number of fused-ring (bicyclic) bond motifs is 2. The van der Waals surface area contributed by atoms with Gasteiger partial charge in [-0.3, -0.25) is 0 Å². The lowest BCUT2D eigenvalue weighted by Gasteiger charge is -2.13. The van der Waals surface area contributed by atoms with E-state index < -0.39 is 0 Å². The number of aliphatic hydroxyl groups excluding tert-OH is 1. The second kappa shape index (κ2) is 5.19. The second-order valence-electron chi connectivity index (χ2n) is 5.57. The van der Waals surface area contributed by atoms with Crippen molar-refractivity contribution in [2.24, 2.45) is 5.92 Å². The standard InChI is InChI=1S/C21H16O/c22-21-17-11-5-4-10-16(17)14-20(15-8-2-1-3-9-15)18-12-6-7-13-19(18)21/h1-14,16,22H. The van der Waals surface area contributed by atoms with Crippen molar-refractivity contribution in [3.05, 3.63) is 107 Å². The van der Waals surface area contributed by atoms with Crippen molar-refractivity contribution in [3.63, 3.8) is 0 Å². The molecule has 4 rings (SSSR count). The SMILES string of the molecule is OC1=C2C=CC=CC2C=C(c2ccccc2)c2ccccc21. The highest BCUT2D eigenvalue weighted by Gasteiger charge is 2.23. The van der Waals surface area contributed by atoms with Gasteiger partial charge in [-0.25, -0.2) is 0 Å². The highest BCUT2D eigenvalue weighted by atomic mass is 16.3. The van der Waals surface area contributed by atoms with Crippen molar-refractivity contribution >= 4 is 11.3 Å². The lowest BCUT2D eigenvalue weighted by molar-refractivity contribution is 0.504. The molecule has 1 unspecified atom stereocenters. The van der Waals surface area contributed by atoms with Crippen LogP contribution in [-0.2, 0) is 0 Å². The zero-order chi connectivity index (χ0) is 14.9. The zero-order valence-corrected chi connectivity index (χ0v) is 12.1. The molecule has 2 aromatic rings.